The molecule has 0 aliphatic rings. The second-order valence-corrected chi connectivity index (χ2v) is 7.08. The molecule has 1 rings (SSSR count). The van der Waals surface area contributed by atoms with Crippen LogP contribution in [0, 0.1) is 0 Å². The Kier molecular flexibility index (Phi) is 6.16. The van der Waals surface area contributed by atoms with Gasteiger partial charge in [-0.05, 0) is 18.1 Å². The molecule has 0 amide bonds. The first kappa shape index (κ1) is 16.7. The van der Waals surface area contributed by atoms with Crippen LogP contribution in [0.4, 0.5) is 0 Å². The monoisotopic (exact) mass is 299 g/mol. The summed E-state index contributed by atoms with van der Waals surface area (Å²) < 4.78 is 27.1. The molecule has 0 aromatic heterocycles. The van der Waals surface area contributed by atoms with E-state index in [4.69, 9.17) is 0 Å². The van der Waals surface area contributed by atoms with Crippen molar-refractivity contribution in [1.82, 2.24) is 5.32 Å². The highest BCUT2D eigenvalue weighted by atomic mass is 32.2. The summed E-state index contributed by atoms with van der Waals surface area (Å²) in [5.41, 5.74) is 1.86. The van der Waals surface area contributed by atoms with Crippen LogP contribution in [-0.2, 0) is 32.3 Å². The molecule has 1 unspecified atom stereocenters. The highest BCUT2D eigenvalue weighted by Crippen LogP contribution is 2.10. The summed E-state index contributed by atoms with van der Waals surface area (Å²) >= 11 is 0. The molecule has 1 aromatic rings. The fourth-order valence-electron chi connectivity index (χ4n) is 1.93. The van der Waals surface area contributed by atoms with E-state index in [2.05, 4.69) is 10.1 Å². The van der Waals surface area contributed by atoms with Crippen LogP contribution in [0.5, 0.6) is 0 Å². The normalized spacial score (nSPS) is 12.9. The van der Waals surface area contributed by atoms with Gasteiger partial charge in [-0.3, -0.25) is 4.79 Å². The first-order valence-electron chi connectivity index (χ1n) is 6.36. The number of hydrogen-bond acceptors (Lipinski definition) is 5. The summed E-state index contributed by atoms with van der Waals surface area (Å²) in [6, 6.07) is 7.39. The summed E-state index contributed by atoms with van der Waals surface area (Å²) in [7, 11) is -1.64. The molecule has 6 heteroatoms. The van der Waals surface area contributed by atoms with Crippen molar-refractivity contribution >= 4 is 15.8 Å². The maximum Gasteiger partial charge on any atom is 0.309 e. The summed E-state index contributed by atoms with van der Waals surface area (Å²) in [6.45, 7) is 2.34. The van der Waals surface area contributed by atoms with E-state index in [1.165, 1.54) is 13.4 Å². The van der Waals surface area contributed by atoms with E-state index in [1.54, 1.807) is 0 Å². The summed E-state index contributed by atoms with van der Waals surface area (Å²) in [5, 5.41) is 3.16. The van der Waals surface area contributed by atoms with Crippen LogP contribution in [-0.4, -0.2) is 39.5 Å². The third kappa shape index (κ3) is 6.16. The Morgan fingerprint density at radius 1 is 1.30 bits per heavy atom. The molecule has 0 saturated carbocycles. The van der Waals surface area contributed by atoms with Crippen molar-refractivity contribution < 1.29 is 17.9 Å². The van der Waals surface area contributed by atoms with Crippen LogP contribution in [0.3, 0.4) is 0 Å². The Morgan fingerprint density at radius 2 is 1.90 bits per heavy atom. The molecular weight excluding hydrogens is 278 g/mol. The van der Waals surface area contributed by atoms with Gasteiger partial charge in [0.15, 0.2) is 0 Å². The Bertz CT molecular complexity index is 554. The molecule has 1 N–H and O–H groups in total. The lowest BCUT2D eigenvalue weighted by atomic mass is 10.0. The highest BCUT2D eigenvalue weighted by Gasteiger charge is 2.12. The van der Waals surface area contributed by atoms with Crippen LogP contribution in [0.2, 0.25) is 0 Å². The predicted molar refractivity (Wildman–Crippen MR) is 78.2 cm³/mol. The van der Waals surface area contributed by atoms with Gasteiger partial charge >= 0.3 is 5.97 Å². The molecule has 0 heterocycles. The molecule has 1 aromatic carbocycles. The van der Waals surface area contributed by atoms with Crippen molar-refractivity contribution in [1.29, 1.82) is 0 Å². The van der Waals surface area contributed by atoms with E-state index in [0.29, 0.717) is 6.54 Å². The van der Waals surface area contributed by atoms with Gasteiger partial charge in [0.25, 0.3) is 0 Å². The summed E-state index contributed by atoms with van der Waals surface area (Å²) in [6.07, 6.45) is 1.44. The quantitative estimate of drug-likeness (QED) is 0.758. The molecular formula is C14H21NO4S. The molecule has 112 valence electrons. The van der Waals surface area contributed by atoms with Crippen LogP contribution < -0.4 is 5.32 Å². The lowest BCUT2D eigenvalue weighted by Crippen LogP contribution is -2.32. The zero-order valence-corrected chi connectivity index (χ0v) is 12.9. The molecule has 20 heavy (non-hydrogen) atoms. The predicted octanol–water partition coefficient (Wildman–Crippen LogP) is 0.925. The van der Waals surface area contributed by atoms with Crippen LogP contribution in [0.15, 0.2) is 24.3 Å². The Morgan fingerprint density at radius 3 is 2.45 bits per heavy atom. The molecule has 0 aliphatic carbocycles. The van der Waals surface area contributed by atoms with Crippen LogP contribution in [0.25, 0.3) is 0 Å². The number of sulfone groups is 1. The largest absolute Gasteiger partial charge is 0.469 e. The first-order chi connectivity index (χ1) is 9.31. The zero-order valence-electron chi connectivity index (χ0n) is 12.0. The number of methoxy groups -OCH3 is 1. The topological polar surface area (TPSA) is 72.5 Å². The number of nitrogens with one attached hydrogen (secondary N) is 1. The minimum atomic E-state index is -3.00. The average molecular weight is 299 g/mol. The third-order valence-electron chi connectivity index (χ3n) is 2.87. The lowest BCUT2D eigenvalue weighted by Gasteiger charge is -2.14. The van der Waals surface area contributed by atoms with E-state index < -0.39 is 9.84 Å². The lowest BCUT2D eigenvalue weighted by molar-refractivity contribution is -0.139. The van der Waals surface area contributed by atoms with Crippen molar-refractivity contribution in [2.24, 2.45) is 0 Å². The van der Waals surface area contributed by atoms with Gasteiger partial charge in [-0.25, -0.2) is 8.42 Å². The first-order valence-corrected chi connectivity index (χ1v) is 8.42. The Hall–Kier alpha value is -1.40. The van der Waals surface area contributed by atoms with E-state index in [1.807, 2.05) is 31.2 Å². The van der Waals surface area contributed by atoms with Crippen molar-refractivity contribution in [2.45, 2.75) is 25.9 Å². The van der Waals surface area contributed by atoms with Crippen molar-refractivity contribution in [3.8, 4) is 0 Å². The second kappa shape index (κ2) is 7.40. The zero-order chi connectivity index (χ0) is 15.2. The Labute approximate surface area is 120 Å². The standard InChI is InChI=1S/C14H21NO4S/c1-11(10-20(3,17)18)15-9-13-7-5-4-6-12(13)8-14(16)19-2/h4-7,11,15H,8-10H2,1-3H3. The molecule has 0 fully saturated rings. The van der Waals surface area contributed by atoms with Gasteiger partial charge in [0.2, 0.25) is 0 Å². The van der Waals surface area contributed by atoms with E-state index in [0.717, 1.165) is 11.1 Å². The number of ether oxygens (including phenoxy) is 1. The van der Waals surface area contributed by atoms with Crippen LogP contribution >= 0.6 is 0 Å². The fourth-order valence-corrected chi connectivity index (χ4v) is 2.95. The maximum absolute atomic E-state index is 11.3. The summed E-state index contributed by atoms with van der Waals surface area (Å²) in [4.78, 5) is 11.3. The fraction of sp³-hybridized carbons (Fsp3) is 0.500. The van der Waals surface area contributed by atoms with Gasteiger partial charge in [0.1, 0.15) is 9.84 Å². The smallest absolute Gasteiger partial charge is 0.309 e. The molecule has 0 aliphatic heterocycles. The van der Waals surface area contributed by atoms with Gasteiger partial charge in [0.05, 0.1) is 19.3 Å². The van der Waals surface area contributed by atoms with Gasteiger partial charge in [-0.15, -0.1) is 0 Å². The van der Waals surface area contributed by atoms with Gasteiger partial charge < -0.3 is 10.1 Å². The van der Waals surface area contributed by atoms with Crippen molar-refractivity contribution in [3.05, 3.63) is 35.4 Å². The number of hydrogen-bond donors (Lipinski definition) is 1. The van der Waals surface area contributed by atoms with Crippen molar-refractivity contribution in [3.63, 3.8) is 0 Å². The molecule has 0 bridgehead atoms. The van der Waals surface area contributed by atoms with Gasteiger partial charge in [0, 0.05) is 18.8 Å². The second-order valence-electron chi connectivity index (χ2n) is 4.90. The average Bonchev–Trinajstić information content (AvgIpc) is 2.35. The molecule has 0 radical (unpaired) electrons. The van der Waals surface area contributed by atoms with Gasteiger partial charge in [-0.1, -0.05) is 24.3 Å². The minimum absolute atomic E-state index is 0.0895. The van der Waals surface area contributed by atoms with Crippen molar-refractivity contribution in [2.75, 3.05) is 19.1 Å². The van der Waals surface area contributed by atoms with E-state index >= 15 is 0 Å². The van der Waals surface area contributed by atoms with Gasteiger partial charge in [-0.2, -0.15) is 0 Å². The molecule has 0 saturated heterocycles. The highest BCUT2D eigenvalue weighted by molar-refractivity contribution is 7.90. The van der Waals surface area contributed by atoms with E-state index in [-0.39, 0.29) is 24.2 Å². The third-order valence-corrected chi connectivity index (χ3v) is 3.98. The Balaban J connectivity index is 2.66. The molecule has 0 spiro atoms. The number of rotatable bonds is 7. The van der Waals surface area contributed by atoms with Crippen LogP contribution in [0.1, 0.15) is 18.1 Å². The minimum Gasteiger partial charge on any atom is -0.469 e. The molecule has 5 nitrogen and oxygen atoms in total. The molecule has 1 atom stereocenters. The number of carbonyl (C=O) groups is 1. The SMILES string of the molecule is COC(=O)Cc1ccccc1CNC(C)CS(C)(=O)=O. The number of esters is 1. The maximum atomic E-state index is 11.3. The number of benzene rings is 1. The summed E-state index contributed by atoms with van der Waals surface area (Å²) in [5.74, 6) is -0.201. The number of carbonyl (C=O) groups excluding carboxylic acids is 1. The van der Waals surface area contributed by atoms with E-state index in [9.17, 15) is 13.2 Å².